The molecule has 0 aliphatic heterocycles. The molecule has 2 heterocycles. The summed E-state index contributed by atoms with van der Waals surface area (Å²) in [5.41, 5.74) is 1.60. The number of ether oxygens (including phenoxy) is 1. The summed E-state index contributed by atoms with van der Waals surface area (Å²) < 4.78 is 22.6. The number of rotatable bonds is 8. The van der Waals surface area contributed by atoms with Crippen LogP contribution in [0.5, 0.6) is 0 Å². The molecule has 2 aromatic heterocycles. The summed E-state index contributed by atoms with van der Waals surface area (Å²) in [6, 6.07) is 1.07. The van der Waals surface area contributed by atoms with Crippen molar-refractivity contribution in [2.75, 3.05) is 13.7 Å². The molecule has 22 heavy (non-hydrogen) atoms. The van der Waals surface area contributed by atoms with Gasteiger partial charge >= 0.3 is 0 Å². The Bertz CT molecular complexity index is 695. The van der Waals surface area contributed by atoms with Crippen molar-refractivity contribution in [1.82, 2.24) is 20.1 Å². The van der Waals surface area contributed by atoms with Crippen LogP contribution < -0.4 is 5.32 Å². The van der Waals surface area contributed by atoms with Crippen molar-refractivity contribution in [1.29, 1.82) is 0 Å². The van der Waals surface area contributed by atoms with Gasteiger partial charge in [0.15, 0.2) is 0 Å². The minimum absolute atomic E-state index is 0.0225. The molecule has 2 N–H and O–H groups in total. The van der Waals surface area contributed by atoms with Gasteiger partial charge in [-0.05, 0) is 13.1 Å². The van der Waals surface area contributed by atoms with Gasteiger partial charge in [-0.25, -0.2) is 4.68 Å². The van der Waals surface area contributed by atoms with Gasteiger partial charge in [0.1, 0.15) is 6.73 Å². The van der Waals surface area contributed by atoms with E-state index >= 15 is 0 Å². The van der Waals surface area contributed by atoms with E-state index in [1.807, 2.05) is 7.05 Å². The molecule has 0 atom stereocenters. The molecule has 0 aromatic carbocycles. The summed E-state index contributed by atoms with van der Waals surface area (Å²) in [6.45, 7) is 5.92. The molecule has 2 aromatic rings. The van der Waals surface area contributed by atoms with E-state index < -0.39 is 14.6 Å². The van der Waals surface area contributed by atoms with Crippen LogP contribution in [0.2, 0.25) is 25.7 Å². The lowest BCUT2D eigenvalue weighted by atomic mass is 10.1. The first-order valence-corrected chi connectivity index (χ1v) is 11.1. The number of hydrogen-bond acceptors (Lipinski definition) is 5. The van der Waals surface area contributed by atoms with Crippen molar-refractivity contribution in [3.05, 3.63) is 23.7 Å². The van der Waals surface area contributed by atoms with Crippen molar-refractivity contribution in [2.45, 2.75) is 45.5 Å². The average molecular weight is 324 g/mol. The molecule has 0 fully saturated rings. The van der Waals surface area contributed by atoms with E-state index in [4.69, 9.17) is 7.48 Å². The Morgan fingerprint density at radius 2 is 2.18 bits per heavy atom. The number of aliphatic hydroxyl groups is 1. The predicted octanol–water partition coefficient (Wildman–Crippen LogP) is 1.96. The number of aromatic nitrogens is 3. The minimum Gasteiger partial charge on any atom is -0.390 e. The fourth-order valence-corrected chi connectivity index (χ4v) is 2.96. The molecule has 0 aliphatic carbocycles. The average Bonchev–Trinajstić information content (AvgIpc) is 2.86. The van der Waals surface area contributed by atoms with Gasteiger partial charge < -0.3 is 15.2 Å². The summed E-state index contributed by atoms with van der Waals surface area (Å²) in [7, 11) is 0.682. The molecule has 0 saturated carbocycles. The maximum absolute atomic E-state index is 9.71. The first kappa shape index (κ1) is 14.3. The van der Waals surface area contributed by atoms with Crippen LogP contribution in [0.3, 0.4) is 0 Å². The highest BCUT2D eigenvalue weighted by Crippen LogP contribution is 2.21. The van der Waals surface area contributed by atoms with E-state index in [2.05, 4.69) is 35.0 Å². The Labute approximate surface area is 135 Å². The van der Waals surface area contributed by atoms with Crippen LogP contribution in [0, 0.1) is 0 Å². The minimum atomic E-state index is -2.51. The highest BCUT2D eigenvalue weighted by atomic mass is 28.3. The molecule has 0 unspecified atom stereocenters. The molecular weight excluding hydrogens is 296 g/mol. The van der Waals surface area contributed by atoms with E-state index in [0.717, 1.165) is 17.1 Å². The zero-order valence-electron chi connectivity index (χ0n) is 15.7. The molecular formula is C15H26N4O2Si. The van der Waals surface area contributed by atoms with Gasteiger partial charge in [-0.2, -0.15) is 5.10 Å². The number of nitrogens with one attached hydrogen (secondary N) is 1. The summed E-state index contributed by atoms with van der Waals surface area (Å²) in [5.74, 6) is 0. The Balaban J connectivity index is 2.30. The lowest BCUT2D eigenvalue weighted by Gasteiger charge is -2.16. The van der Waals surface area contributed by atoms with Crippen LogP contribution in [0.15, 0.2) is 12.4 Å². The number of hydrogen-bond donors (Lipinski definition) is 2. The second kappa shape index (κ2) is 7.32. The Kier molecular flexibility index (Phi) is 4.76. The second-order valence-electron chi connectivity index (χ2n) is 6.53. The molecule has 0 radical (unpaired) electrons. The van der Waals surface area contributed by atoms with Crippen LogP contribution in [0.4, 0.5) is 0 Å². The highest BCUT2D eigenvalue weighted by Gasteiger charge is 2.14. The fraction of sp³-hybridized carbons (Fsp3) is 0.600. The summed E-state index contributed by atoms with van der Waals surface area (Å²) in [6.07, 6.45) is 3.11. The van der Waals surface area contributed by atoms with Gasteiger partial charge in [-0.15, -0.1) is 0 Å². The molecule has 6 nitrogen and oxygen atoms in total. The van der Waals surface area contributed by atoms with Crippen molar-refractivity contribution >= 4 is 19.0 Å². The fourth-order valence-electron chi connectivity index (χ4n) is 2.21. The van der Waals surface area contributed by atoms with E-state index in [0.29, 0.717) is 25.3 Å². The Hall–Kier alpha value is -1.28. The summed E-state index contributed by atoms with van der Waals surface area (Å²) in [4.78, 5) is 4.09. The third kappa shape index (κ3) is 4.13. The zero-order chi connectivity index (χ0) is 18.0. The second-order valence-corrected chi connectivity index (χ2v) is 12.1. The molecule has 122 valence electrons. The molecule has 0 aliphatic rings. The maximum Gasteiger partial charge on any atom is 0.140 e. The van der Waals surface area contributed by atoms with Gasteiger partial charge in [-0.1, -0.05) is 19.6 Å². The van der Waals surface area contributed by atoms with Crippen LogP contribution in [0.1, 0.15) is 14.0 Å². The van der Waals surface area contributed by atoms with E-state index in [1.165, 1.54) is 6.20 Å². The molecule has 7 heteroatoms. The van der Waals surface area contributed by atoms with Gasteiger partial charge in [0.2, 0.25) is 0 Å². The Morgan fingerprint density at radius 3 is 2.82 bits per heavy atom. The molecule has 2 rings (SSSR count). The van der Waals surface area contributed by atoms with Crippen molar-refractivity contribution in [2.24, 2.45) is 0 Å². The molecule has 0 spiro atoms. The maximum atomic E-state index is 9.71. The van der Waals surface area contributed by atoms with Gasteiger partial charge in [0, 0.05) is 38.4 Å². The lowest BCUT2D eigenvalue weighted by molar-refractivity contribution is 0.0816. The van der Waals surface area contributed by atoms with Crippen LogP contribution in [0.25, 0.3) is 10.9 Å². The third-order valence-corrected chi connectivity index (χ3v) is 5.14. The molecule has 0 bridgehead atoms. The van der Waals surface area contributed by atoms with Crippen molar-refractivity contribution in [3.8, 4) is 0 Å². The van der Waals surface area contributed by atoms with Crippen LogP contribution in [-0.4, -0.2) is 41.6 Å². The smallest absolute Gasteiger partial charge is 0.140 e. The first-order valence-electron chi connectivity index (χ1n) is 8.42. The topological polar surface area (TPSA) is 72.2 Å². The van der Waals surface area contributed by atoms with Gasteiger partial charge in [-0.3, -0.25) is 4.98 Å². The summed E-state index contributed by atoms with van der Waals surface area (Å²) >= 11 is 0. The lowest BCUT2D eigenvalue weighted by Crippen LogP contribution is -2.22. The Morgan fingerprint density at radius 1 is 1.41 bits per heavy atom. The van der Waals surface area contributed by atoms with Crippen LogP contribution in [-0.2, 0) is 24.6 Å². The number of pyridine rings is 1. The van der Waals surface area contributed by atoms with Gasteiger partial charge in [0.05, 0.1) is 26.7 Å². The third-order valence-electron chi connectivity index (χ3n) is 3.43. The quantitative estimate of drug-likeness (QED) is 0.574. The monoisotopic (exact) mass is 324 g/mol. The van der Waals surface area contributed by atoms with Crippen LogP contribution >= 0.6 is 0 Å². The number of nitrogens with zero attached hydrogens (tertiary/aromatic N) is 3. The summed E-state index contributed by atoms with van der Waals surface area (Å²) in [5, 5.41) is 17.6. The SMILES string of the molecule is [2H]C([2H])(O)c1ncc(CNC)c2c1cnn2COCC[Si](C)(C)C. The largest absolute Gasteiger partial charge is 0.390 e. The standard InChI is InChI=1S/C15H26N4O2Si/c1-16-7-12-8-17-14(10-20)13-9-18-19(15(12)13)11-21-5-6-22(2,3)4/h8-9,16,20H,5-7,10-11H2,1-4H3/i10D2. The highest BCUT2D eigenvalue weighted by molar-refractivity contribution is 6.76. The van der Waals surface area contributed by atoms with Crippen molar-refractivity contribution < 1.29 is 12.6 Å². The number of fused-ring (bicyclic) bond motifs is 1. The normalized spacial score (nSPS) is 14.2. The van der Waals surface area contributed by atoms with Gasteiger partial charge in [0.25, 0.3) is 0 Å². The van der Waals surface area contributed by atoms with E-state index in [9.17, 15) is 5.11 Å². The predicted molar refractivity (Wildman–Crippen MR) is 90.3 cm³/mol. The van der Waals surface area contributed by atoms with E-state index in [-0.39, 0.29) is 5.69 Å². The zero-order valence-corrected chi connectivity index (χ0v) is 14.7. The van der Waals surface area contributed by atoms with E-state index in [1.54, 1.807) is 10.9 Å². The van der Waals surface area contributed by atoms with Crippen molar-refractivity contribution in [3.63, 3.8) is 0 Å². The first-order chi connectivity index (χ1) is 11.1. The molecule has 0 saturated heterocycles. The molecule has 0 amide bonds.